The highest BCUT2D eigenvalue weighted by atomic mass is 14.7. The zero-order valence-corrected chi connectivity index (χ0v) is 7.83. The molecular weight excluding hydrogens is 134 g/mol. The van der Waals surface area contributed by atoms with Gasteiger partial charge in [0.1, 0.15) is 0 Å². The van der Waals surface area contributed by atoms with E-state index in [9.17, 15) is 0 Å². The summed E-state index contributed by atoms with van der Waals surface area (Å²) in [5.74, 6) is 0. The molecule has 0 rings (SSSR count). The molecule has 0 heterocycles. The topological polar surface area (TPSA) is 12.4 Å². The Morgan fingerprint density at radius 3 is 2.45 bits per heavy atom. The molecule has 62 valence electrons. The summed E-state index contributed by atoms with van der Waals surface area (Å²) in [6.07, 6.45) is 7.96. The second-order valence-corrected chi connectivity index (χ2v) is 2.80. The van der Waals surface area contributed by atoms with E-state index in [-0.39, 0.29) is 0 Å². The predicted octanol–water partition coefficient (Wildman–Crippen LogP) is 2.99. The highest BCUT2D eigenvalue weighted by molar-refractivity contribution is 5.72. The fourth-order valence-corrected chi connectivity index (χ4v) is 0.651. The highest BCUT2D eigenvalue weighted by Crippen LogP contribution is 1.92. The summed E-state index contributed by atoms with van der Waals surface area (Å²) < 4.78 is 0. The number of rotatable bonds is 3. The predicted molar refractivity (Wildman–Crippen MR) is 52.2 cm³/mol. The molecule has 0 spiro atoms. The zero-order chi connectivity index (χ0) is 8.69. The van der Waals surface area contributed by atoms with Gasteiger partial charge in [-0.3, -0.25) is 4.99 Å². The van der Waals surface area contributed by atoms with Crippen molar-refractivity contribution in [2.45, 2.75) is 33.7 Å². The van der Waals surface area contributed by atoms with Crippen molar-refractivity contribution in [1.29, 1.82) is 0 Å². The summed E-state index contributed by atoms with van der Waals surface area (Å²) in [6, 6.07) is 0.393. The Morgan fingerprint density at radius 1 is 1.36 bits per heavy atom. The van der Waals surface area contributed by atoms with Crippen LogP contribution in [0.2, 0.25) is 0 Å². The van der Waals surface area contributed by atoms with Gasteiger partial charge >= 0.3 is 0 Å². The second kappa shape index (κ2) is 5.90. The van der Waals surface area contributed by atoms with Crippen molar-refractivity contribution in [3.63, 3.8) is 0 Å². The number of hydrogen-bond acceptors (Lipinski definition) is 1. The van der Waals surface area contributed by atoms with Gasteiger partial charge in [-0.15, -0.1) is 0 Å². The van der Waals surface area contributed by atoms with Gasteiger partial charge in [0, 0.05) is 12.3 Å². The first-order valence-electron chi connectivity index (χ1n) is 3.99. The van der Waals surface area contributed by atoms with E-state index in [1.54, 1.807) is 0 Å². The van der Waals surface area contributed by atoms with Crippen molar-refractivity contribution in [2.24, 2.45) is 4.99 Å². The third-order valence-corrected chi connectivity index (χ3v) is 1.15. The molecule has 0 radical (unpaired) electrons. The smallest absolute Gasteiger partial charge is 0.0443 e. The molecule has 0 atom stereocenters. The molecule has 0 fully saturated rings. The zero-order valence-electron chi connectivity index (χ0n) is 7.83. The molecule has 0 aromatic rings. The van der Waals surface area contributed by atoms with Gasteiger partial charge in [0.05, 0.1) is 0 Å². The minimum atomic E-state index is 0.393. The van der Waals surface area contributed by atoms with Crippen LogP contribution in [-0.4, -0.2) is 12.3 Å². The van der Waals surface area contributed by atoms with Gasteiger partial charge in [-0.1, -0.05) is 12.2 Å². The maximum Gasteiger partial charge on any atom is 0.0443 e. The summed E-state index contributed by atoms with van der Waals surface area (Å²) in [6.45, 7) is 8.20. The molecular formula is C10H17N. The monoisotopic (exact) mass is 151 g/mol. The largest absolute Gasteiger partial charge is 0.290 e. The first-order chi connectivity index (χ1) is 5.16. The molecule has 0 saturated carbocycles. The Balaban J connectivity index is 3.91. The highest BCUT2D eigenvalue weighted by Gasteiger charge is 1.81. The molecule has 0 aliphatic rings. The van der Waals surface area contributed by atoms with Crippen LogP contribution in [0.1, 0.15) is 27.7 Å². The Bertz CT molecular complexity index is 173. The van der Waals surface area contributed by atoms with Gasteiger partial charge in [0.15, 0.2) is 0 Å². The van der Waals surface area contributed by atoms with Gasteiger partial charge in [0.25, 0.3) is 0 Å². The third kappa shape index (κ3) is 7.04. The molecule has 0 aromatic heterocycles. The SMILES string of the molecule is C/C=C\C(C)=C/C=NC(C)C. The Labute approximate surface area is 69.5 Å². The lowest BCUT2D eigenvalue weighted by molar-refractivity contribution is 0.841. The summed E-state index contributed by atoms with van der Waals surface area (Å²) >= 11 is 0. The molecule has 0 aliphatic heterocycles. The third-order valence-electron chi connectivity index (χ3n) is 1.15. The Morgan fingerprint density at radius 2 is 2.00 bits per heavy atom. The molecule has 0 saturated heterocycles. The minimum absolute atomic E-state index is 0.393. The van der Waals surface area contributed by atoms with Gasteiger partial charge < -0.3 is 0 Å². The average molecular weight is 151 g/mol. The van der Waals surface area contributed by atoms with E-state index in [4.69, 9.17) is 0 Å². The van der Waals surface area contributed by atoms with Crippen LogP contribution < -0.4 is 0 Å². The summed E-state index contributed by atoms with van der Waals surface area (Å²) in [5, 5.41) is 0. The van der Waals surface area contributed by atoms with E-state index in [0.717, 1.165) is 0 Å². The van der Waals surface area contributed by atoms with Gasteiger partial charge in [-0.2, -0.15) is 0 Å². The van der Waals surface area contributed by atoms with E-state index in [1.165, 1.54) is 5.57 Å². The van der Waals surface area contributed by atoms with Crippen molar-refractivity contribution in [2.75, 3.05) is 0 Å². The van der Waals surface area contributed by atoms with Crippen LogP contribution >= 0.6 is 0 Å². The van der Waals surface area contributed by atoms with Crippen LogP contribution in [0, 0.1) is 0 Å². The van der Waals surface area contributed by atoms with E-state index in [0.29, 0.717) is 6.04 Å². The quantitative estimate of drug-likeness (QED) is 0.434. The Hall–Kier alpha value is -0.850. The summed E-state index contributed by atoms with van der Waals surface area (Å²) in [5.41, 5.74) is 1.23. The van der Waals surface area contributed by atoms with Crippen LogP contribution in [-0.2, 0) is 0 Å². The molecule has 11 heavy (non-hydrogen) atoms. The van der Waals surface area contributed by atoms with Crippen molar-refractivity contribution in [3.8, 4) is 0 Å². The Kier molecular flexibility index (Phi) is 5.44. The van der Waals surface area contributed by atoms with Gasteiger partial charge in [-0.05, 0) is 39.3 Å². The standard InChI is InChI=1S/C10H17N/c1-5-6-10(4)7-8-11-9(2)3/h5-9H,1-4H3/b6-5-,10-7-,11-8?. The molecule has 0 amide bonds. The molecule has 1 heteroatoms. The lowest BCUT2D eigenvalue weighted by atomic mass is 10.2. The average Bonchev–Trinajstić information content (AvgIpc) is 1.87. The molecule has 0 N–H and O–H groups in total. The minimum Gasteiger partial charge on any atom is -0.290 e. The number of aliphatic imine (C=N–C) groups is 1. The van der Waals surface area contributed by atoms with E-state index < -0.39 is 0 Å². The lowest BCUT2D eigenvalue weighted by Gasteiger charge is -1.91. The van der Waals surface area contributed by atoms with Crippen LogP contribution in [0.4, 0.5) is 0 Å². The maximum absolute atomic E-state index is 4.21. The van der Waals surface area contributed by atoms with Gasteiger partial charge in [-0.25, -0.2) is 0 Å². The fourth-order valence-electron chi connectivity index (χ4n) is 0.651. The summed E-state index contributed by atoms with van der Waals surface area (Å²) in [7, 11) is 0. The molecule has 0 aromatic carbocycles. The second-order valence-electron chi connectivity index (χ2n) is 2.80. The number of nitrogens with zero attached hydrogens (tertiary/aromatic N) is 1. The normalized spacial score (nSPS) is 14.1. The molecule has 0 aliphatic carbocycles. The van der Waals surface area contributed by atoms with E-state index in [1.807, 2.05) is 25.3 Å². The fraction of sp³-hybridized carbons (Fsp3) is 0.500. The van der Waals surface area contributed by atoms with Crippen molar-refractivity contribution >= 4 is 6.21 Å². The van der Waals surface area contributed by atoms with Crippen molar-refractivity contribution in [3.05, 3.63) is 23.8 Å². The van der Waals surface area contributed by atoms with Crippen molar-refractivity contribution in [1.82, 2.24) is 0 Å². The van der Waals surface area contributed by atoms with Crippen LogP contribution in [0.3, 0.4) is 0 Å². The first-order valence-corrected chi connectivity index (χ1v) is 3.99. The van der Waals surface area contributed by atoms with Crippen molar-refractivity contribution < 1.29 is 0 Å². The van der Waals surface area contributed by atoms with Crippen LogP contribution in [0.15, 0.2) is 28.8 Å². The van der Waals surface area contributed by atoms with E-state index in [2.05, 4.69) is 31.8 Å². The summed E-state index contributed by atoms with van der Waals surface area (Å²) in [4.78, 5) is 4.21. The molecule has 0 unspecified atom stereocenters. The van der Waals surface area contributed by atoms with Gasteiger partial charge in [0.2, 0.25) is 0 Å². The first kappa shape index (κ1) is 10.2. The lowest BCUT2D eigenvalue weighted by Crippen LogP contribution is -1.86. The number of hydrogen-bond donors (Lipinski definition) is 0. The maximum atomic E-state index is 4.21. The van der Waals surface area contributed by atoms with Crippen LogP contribution in [0.5, 0.6) is 0 Å². The number of allylic oxidation sites excluding steroid dienone is 4. The van der Waals surface area contributed by atoms with Crippen LogP contribution in [0.25, 0.3) is 0 Å². The molecule has 1 nitrogen and oxygen atoms in total. The van der Waals surface area contributed by atoms with E-state index >= 15 is 0 Å². The molecule has 0 bridgehead atoms.